The molecule has 2 aromatic carbocycles. The second kappa shape index (κ2) is 10.6. The largest absolute Gasteiger partial charge is 0.445 e. The monoisotopic (exact) mass is 383 g/mol. The third kappa shape index (κ3) is 6.69. The number of allylic oxidation sites excluding steroid dienone is 2. The fourth-order valence-electron chi connectivity index (χ4n) is 2.22. The molecular formula is C21H21NO6. The fourth-order valence-corrected chi connectivity index (χ4v) is 2.22. The van der Waals surface area contributed by atoms with E-state index in [0.29, 0.717) is 5.56 Å². The third-order valence-corrected chi connectivity index (χ3v) is 3.63. The molecule has 0 saturated heterocycles. The van der Waals surface area contributed by atoms with E-state index in [1.54, 1.807) is 54.6 Å². The van der Waals surface area contributed by atoms with E-state index in [-0.39, 0.29) is 18.1 Å². The Bertz CT molecular complexity index is 832. The van der Waals surface area contributed by atoms with Crippen molar-refractivity contribution in [3.05, 3.63) is 83.6 Å². The lowest BCUT2D eigenvalue weighted by molar-refractivity contribution is -0.142. The van der Waals surface area contributed by atoms with Gasteiger partial charge in [0.1, 0.15) is 12.4 Å². The van der Waals surface area contributed by atoms with Crippen molar-refractivity contribution >= 4 is 17.8 Å². The number of nitrogens with one attached hydrogen (secondary N) is 1. The zero-order valence-electron chi connectivity index (χ0n) is 15.3. The molecule has 7 nitrogen and oxygen atoms in total. The highest BCUT2D eigenvalue weighted by molar-refractivity contribution is 6.04. The van der Waals surface area contributed by atoms with E-state index in [1.165, 1.54) is 6.92 Å². The Morgan fingerprint density at radius 3 is 2.25 bits per heavy atom. The number of amides is 1. The van der Waals surface area contributed by atoms with Gasteiger partial charge in [-0.15, -0.1) is 0 Å². The molecule has 28 heavy (non-hydrogen) atoms. The quantitative estimate of drug-likeness (QED) is 0.314. The van der Waals surface area contributed by atoms with Gasteiger partial charge in [-0.2, -0.15) is 0 Å². The molecule has 0 spiro atoms. The number of aliphatic hydroxyl groups excluding tert-OH is 1. The Morgan fingerprint density at radius 2 is 1.64 bits per heavy atom. The van der Waals surface area contributed by atoms with Gasteiger partial charge in [-0.25, -0.2) is 9.59 Å². The first-order chi connectivity index (χ1) is 13.5. The zero-order chi connectivity index (χ0) is 20.4. The molecule has 146 valence electrons. The van der Waals surface area contributed by atoms with Crippen molar-refractivity contribution in [2.24, 2.45) is 0 Å². The minimum absolute atomic E-state index is 0.0182. The number of hydrogen-bond donors (Lipinski definition) is 2. The molecule has 1 atom stereocenters. The van der Waals surface area contributed by atoms with E-state index in [1.807, 2.05) is 6.07 Å². The van der Waals surface area contributed by atoms with Crippen molar-refractivity contribution in [1.29, 1.82) is 0 Å². The molecule has 0 aliphatic rings. The summed E-state index contributed by atoms with van der Waals surface area (Å²) in [6.45, 7) is 0.768. The van der Waals surface area contributed by atoms with Crippen molar-refractivity contribution in [2.45, 2.75) is 19.6 Å². The summed E-state index contributed by atoms with van der Waals surface area (Å²) < 4.78 is 10.0. The number of alkyl carbamates (subject to hydrolysis) is 1. The lowest BCUT2D eigenvalue weighted by Crippen LogP contribution is -2.44. The lowest BCUT2D eigenvalue weighted by Gasteiger charge is -2.15. The fraction of sp³-hybridized carbons (Fsp3) is 0.190. The molecule has 0 aliphatic carbocycles. The molecule has 0 aliphatic heterocycles. The number of ether oxygens (including phenoxy) is 2. The van der Waals surface area contributed by atoms with Crippen molar-refractivity contribution in [3.63, 3.8) is 0 Å². The molecule has 2 aromatic rings. The number of rotatable bonds is 8. The van der Waals surface area contributed by atoms with Gasteiger partial charge in [-0.05, 0) is 12.5 Å². The number of carbonyl (C=O) groups is 3. The first-order valence-corrected chi connectivity index (χ1v) is 8.57. The van der Waals surface area contributed by atoms with Gasteiger partial charge in [-0.3, -0.25) is 4.79 Å². The number of esters is 1. The summed E-state index contributed by atoms with van der Waals surface area (Å²) in [7, 11) is 0. The zero-order valence-corrected chi connectivity index (χ0v) is 15.3. The summed E-state index contributed by atoms with van der Waals surface area (Å²) in [6, 6.07) is 16.2. The maximum absolute atomic E-state index is 12.1. The van der Waals surface area contributed by atoms with Crippen LogP contribution in [-0.2, 0) is 20.9 Å². The van der Waals surface area contributed by atoms with Crippen molar-refractivity contribution < 1.29 is 29.0 Å². The maximum Gasteiger partial charge on any atom is 0.408 e. The summed E-state index contributed by atoms with van der Waals surface area (Å²) in [5.41, 5.74) is 1.22. The molecule has 7 heteroatoms. The minimum Gasteiger partial charge on any atom is -0.445 e. The molecule has 2 N–H and O–H groups in total. The molecule has 0 unspecified atom stereocenters. The predicted octanol–water partition coefficient (Wildman–Crippen LogP) is 2.60. The van der Waals surface area contributed by atoms with Gasteiger partial charge in [0.2, 0.25) is 0 Å². The minimum atomic E-state index is -1.32. The van der Waals surface area contributed by atoms with Crippen molar-refractivity contribution in [2.75, 3.05) is 6.61 Å². The second-order valence-electron chi connectivity index (χ2n) is 5.85. The first kappa shape index (κ1) is 20.9. The van der Waals surface area contributed by atoms with Gasteiger partial charge in [0, 0.05) is 11.6 Å². The summed E-state index contributed by atoms with van der Waals surface area (Å²) in [4.78, 5) is 36.0. The molecule has 0 aromatic heterocycles. The Balaban J connectivity index is 1.87. The van der Waals surface area contributed by atoms with Gasteiger partial charge < -0.3 is 19.9 Å². The van der Waals surface area contributed by atoms with Gasteiger partial charge in [0.15, 0.2) is 11.8 Å². The summed E-state index contributed by atoms with van der Waals surface area (Å²) in [5.74, 6) is -1.20. The van der Waals surface area contributed by atoms with E-state index >= 15 is 0 Å². The average Bonchev–Trinajstić information content (AvgIpc) is 2.71. The van der Waals surface area contributed by atoms with E-state index in [2.05, 4.69) is 5.32 Å². The highest BCUT2D eigenvalue weighted by atomic mass is 16.6. The molecule has 0 saturated carbocycles. The molecule has 0 bridgehead atoms. The van der Waals surface area contributed by atoms with Crippen LogP contribution in [0.4, 0.5) is 4.79 Å². The van der Waals surface area contributed by atoms with Crippen molar-refractivity contribution in [1.82, 2.24) is 5.32 Å². The van der Waals surface area contributed by atoms with E-state index in [0.717, 1.165) is 11.6 Å². The Labute approximate surface area is 162 Å². The van der Waals surface area contributed by atoms with Crippen LogP contribution in [0.3, 0.4) is 0 Å². The van der Waals surface area contributed by atoms with Crippen LogP contribution in [0.25, 0.3) is 0 Å². The van der Waals surface area contributed by atoms with Crippen LogP contribution >= 0.6 is 0 Å². The smallest absolute Gasteiger partial charge is 0.408 e. The highest BCUT2D eigenvalue weighted by Crippen LogP contribution is 2.06. The Hall–Kier alpha value is -3.45. The first-order valence-electron chi connectivity index (χ1n) is 8.57. The number of hydrogen-bond acceptors (Lipinski definition) is 6. The normalized spacial score (nSPS) is 12.0. The van der Waals surface area contributed by atoms with E-state index in [4.69, 9.17) is 9.47 Å². The van der Waals surface area contributed by atoms with Crippen LogP contribution in [0.5, 0.6) is 0 Å². The van der Waals surface area contributed by atoms with Crippen LogP contribution in [-0.4, -0.2) is 35.6 Å². The van der Waals surface area contributed by atoms with Crippen LogP contribution in [0.15, 0.2) is 72.5 Å². The van der Waals surface area contributed by atoms with E-state index < -0.39 is 24.7 Å². The highest BCUT2D eigenvalue weighted by Gasteiger charge is 2.23. The molecule has 0 fully saturated rings. The topological polar surface area (TPSA) is 102 Å². The van der Waals surface area contributed by atoms with Gasteiger partial charge in [0.05, 0.1) is 6.61 Å². The van der Waals surface area contributed by atoms with Crippen LogP contribution in [0.1, 0.15) is 22.8 Å². The van der Waals surface area contributed by atoms with E-state index in [9.17, 15) is 19.5 Å². The summed E-state index contributed by atoms with van der Waals surface area (Å²) >= 11 is 0. The van der Waals surface area contributed by atoms with Gasteiger partial charge in [0.25, 0.3) is 0 Å². The summed E-state index contributed by atoms with van der Waals surface area (Å²) in [5, 5.41) is 11.6. The number of benzene rings is 2. The molecular weight excluding hydrogens is 362 g/mol. The molecule has 1 amide bonds. The van der Waals surface area contributed by atoms with Crippen LogP contribution in [0.2, 0.25) is 0 Å². The second-order valence-corrected chi connectivity index (χ2v) is 5.85. The molecule has 0 radical (unpaired) electrons. The SMILES string of the molecule is C/C(=C\C(=O)c1ccccc1)OC(=O)[C@H](CO)NC(=O)OCc1ccccc1. The van der Waals surface area contributed by atoms with Crippen LogP contribution in [0, 0.1) is 0 Å². The van der Waals surface area contributed by atoms with Crippen molar-refractivity contribution in [3.8, 4) is 0 Å². The van der Waals surface area contributed by atoms with Crippen LogP contribution < -0.4 is 5.32 Å². The van der Waals surface area contributed by atoms with Gasteiger partial charge >= 0.3 is 12.1 Å². The number of aliphatic hydroxyl groups is 1. The van der Waals surface area contributed by atoms with Gasteiger partial charge in [-0.1, -0.05) is 60.7 Å². The number of ketones is 1. The maximum atomic E-state index is 12.1. The number of carbonyl (C=O) groups excluding carboxylic acids is 3. The predicted molar refractivity (Wildman–Crippen MR) is 101 cm³/mol. The standard InChI is InChI=1S/C21H21NO6/c1-15(12-19(24)17-10-6-3-7-11-17)28-20(25)18(13-23)22-21(26)27-14-16-8-4-2-5-9-16/h2-12,18,23H,13-14H2,1H3,(H,22,26)/b15-12+/t18-/m0/s1. The lowest BCUT2D eigenvalue weighted by atomic mass is 10.1. The molecule has 0 heterocycles. The Morgan fingerprint density at radius 1 is 1.04 bits per heavy atom. The molecule has 2 rings (SSSR count). The summed E-state index contributed by atoms with van der Waals surface area (Å²) in [6.07, 6.45) is 0.289. The average molecular weight is 383 g/mol. The third-order valence-electron chi connectivity index (χ3n) is 3.63. The Kier molecular flexibility index (Phi) is 7.92.